The van der Waals surface area contributed by atoms with Gasteiger partial charge in [0.2, 0.25) is 0 Å². The van der Waals surface area contributed by atoms with E-state index in [1.807, 2.05) is 6.92 Å². The Morgan fingerprint density at radius 3 is 2.33 bits per heavy atom. The number of rotatable bonds is 6. The van der Waals surface area contributed by atoms with Crippen LogP contribution < -0.4 is 0 Å². The van der Waals surface area contributed by atoms with Crippen LogP contribution in [-0.4, -0.2) is 16.9 Å². The first-order chi connectivity index (χ1) is 5.57. The van der Waals surface area contributed by atoms with Crippen LogP contribution in [-0.2, 0) is 9.59 Å². The Hall–Kier alpha value is -0.860. The van der Waals surface area contributed by atoms with Crippen LogP contribution in [0.25, 0.3) is 0 Å². The Kier molecular flexibility index (Phi) is 5.34. The van der Waals surface area contributed by atoms with E-state index < -0.39 is 5.97 Å². The Bertz CT molecular complexity index is 163. The zero-order chi connectivity index (χ0) is 9.56. The largest absolute Gasteiger partial charge is 0.481 e. The number of unbranched alkanes of at least 4 members (excludes halogenated alkanes) is 1. The molecule has 0 aromatic carbocycles. The first-order valence-electron chi connectivity index (χ1n) is 4.30. The maximum Gasteiger partial charge on any atom is 0.304 e. The van der Waals surface area contributed by atoms with Gasteiger partial charge in [-0.05, 0) is 13.3 Å². The molecule has 0 aromatic rings. The van der Waals surface area contributed by atoms with E-state index in [9.17, 15) is 9.59 Å². The quantitative estimate of drug-likeness (QED) is 0.665. The Morgan fingerprint density at radius 1 is 1.42 bits per heavy atom. The lowest BCUT2D eigenvalue weighted by Gasteiger charge is -2.09. The van der Waals surface area contributed by atoms with Crippen LogP contribution >= 0.6 is 0 Å². The summed E-state index contributed by atoms with van der Waals surface area (Å²) in [5, 5.41) is 8.48. The fraction of sp³-hybridized carbons (Fsp3) is 0.778. The van der Waals surface area contributed by atoms with Crippen molar-refractivity contribution in [1.29, 1.82) is 0 Å². The van der Waals surface area contributed by atoms with Gasteiger partial charge in [0.15, 0.2) is 0 Å². The minimum Gasteiger partial charge on any atom is -0.481 e. The molecule has 0 bridgehead atoms. The third-order valence-electron chi connectivity index (χ3n) is 1.90. The number of carboxylic acid groups (broad SMARTS) is 1. The van der Waals surface area contributed by atoms with Crippen LogP contribution in [0.2, 0.25) is 0 Å². The molecular weight excluding hydrogens is 156 g/mol. The number of carboxylic acids is 1. The highest BCUT2D eigenvalue weighted by Gasteiger charge is 2.16. The summed E-state index contributed by atoms with van der Waals surface area (Å²) in [7, 11) is 0. The van der Waals surface area contributed by atoms with Crippen molar-refractivity contribution in [1.82, 2.24) is 0 Å². The number of hydrogen-bond acceptors (Lipinski definition) is 2. The van der Waals surface area contributed by atoms with Crippen molar-refractivity contribution in [2.24, 2.45) is 5.92 Å². The highest BCUT2D eigenvalue weighted by Crippen LogP contribution is 2.13. The molecule has 0 aliphatic heterocycles. The molecule has 3 nitrogen and oxygen atoms in total. The molecule has 0 aromatic heterocycles. The lowest BCUT2D eigenvalue weighted by atomic mass is 9.95. The number of carbonyl (C=O) groups is 2. The number of ketones is 1. The van der Waals surface area contributed by atoms with Gasteiger partial charge in [0.05, 0.1) is 6.42 Å². The van der Waals surface area contributed by atoms with Gasteiger partial charge in [-0.1, -0.05) is 19.8 Å². The minimum absolute atomic E-state index is 0.00847. The van der Waals surface area contributed by atoms with E-state index in [1.54, 1.807) is 0 Å². The topological polar surface area (TPSA) is 54.4 Å². The molecule has 0 rings (SSSR count). The molecule has 0 saturated carbocycles. The summed E-state index contributed by atoms with van der Waals surface area (Å²) in [6.07, 6.45) is 2.62. The van der Waals surface area contributed by atoms with E-state index in [1.165, 1.54) is 6.92 Å². The van der Waals surface area contributed by atoms with E-state index in [-0.39, 0.29) is 18.1 Å². The van der Waals surface area contributed by atoms with E-state index in [0.717, 1.165) is 12.8 Å². The molecule has 0 heterocycles. The summed E-state index contributed by atoms with van der Waals surface area (Å²) >= 11 is 0. The average molecular weight is 172 g/mol. The predicted molar refractivity (Wildman–Crippen MR) is 45.9 cm³/mol. The molecule has 0 fully saturated rings. The van der Waals surface area contributed by atoms with Gasteiger partial charge in [0.25, 0.3) is 0 Å². The van der Waals surface area contributed by atoms with Crippen molar-refractivity contribution in [2.75, 3.05) is 0 Å². The molecule has 1 atom stereocenters. The lowest BCUT2D eigenvalue weighted by molar-refractivity contribution is -0.140. The van der Waals surface area contributed by atoms with Crippen LogP contribution in [0.5, 0.6) is 0 Å². The monoisotopic (exact) mass is 172 g/mol. The van der Waals surface area contributed by atoms with Gasteiger partial charge in [-0.25, -0.2) is 0 Å². The number of Topliss-reactive ketones (excluding diaryl/α,β-unsaturated/α-hetero) is 1. The molecule has 0 aliphatic carbocycles. The van der Waals surface area contributed by atoms with Gasteiger partial charge < -0.3 is 5.11 Å². The van der Waals surface area contributed by atoms with Crippen molar-refractivity contribution < 1.29 is 14.7 Å². The molecule has 0 spiro atoms. The molecule has 0 aliphatic rings. The van der Waals surface area contributed by atoms with Crippen molar-refractivity contribution in [3.63, 3.8) is 0 Å². The van der Waals surface area contributed by atoms with E-state index in [2.05, 4.69) is 0 Å². The summed E-state index contributed by atoms with van der Waals surface area (Å²) in [5.41, 5.74) is 0. The highest BCUT2D eigenvalue weighted by molar-refractivity contribution is 5.82. The van der Waals surface area contributed by atoms with Crippen LogP contribution in [0, 0.1) is 5.92 Å². The second-order valence-corrected chi connectivity index (χ2v) is 3.05. The lowest BCUT2D eigenvalue weighted by Crippen LogP contribution is -2.15. The van der Waals surface area contributed by atoms with Gasteiger partial charge in [0, 0.05) is 5.92 Å². The molecule has 1 unspecified atom stereocenters. The van der Waals surface area contributed by atoms with Gasteiger partial charge in [-0.3, -0.25) is 9.59 Å². The zero-order valence-corrected chi connectivity index (χ0v) is 7.67. The summed E-state index contributed by atoms with van der Waals surface area (Å²) in [4.78, 5) is 21.2. The SMILES string of the molecule is CCCCC(CC(=O)O)C(C)=O. The van der Waals surface area contributed by atoms with Crippen molar-refractivity contribution in [3.05, 3.63) is 0 Å². The Morgan fingerprint density at radius 2 is 2.00 bits per heavy atom. The first-order valence-corrected chi connectivity index (χ1v) is 4.30. The highest BCUT2D eigenvalue weighted by atomic mass is 16.4. The third kappa shape index (κ3) is 4.88. The van der Waals surface area contributed by atoms with Gasteiger partial charge in [-0.15, -0.1) is 0 Å². The number of hydrogen-bond donors (Lipinski definition) is 1. The minimum atomic E-state index is -0.883. The van der Waals surface area contributed by atoms with Crippen LogP contribution in [0.15, 0.2) is 0 Å². The maximum absolute atomic E-state index is 10.9. The van der Waals surface area contributed by atoms with E-state index in [0.29, 0.717) is 6.42 Å². The van der Waals surface area contributed by atoms with Crippen molar-refractivity contribution in [3.8, 4) is 0 Å². The van der Waals surface area contributed by atoms with Gasteiger partial charge in [0.1, 0.15) is 5.78 Å². The van der Waals surface area contributed by atoms with Crippen molar-refractivity contribution in [2.45, 2.75) is 39.5 Å². The molecule has 0 saturated heterocycles. The Balaban J connectivity index is 3.87. The second kappa shape index (κ2) is 5.75. The fourth-order valence-electron chi connectivity index (χ4n) is 1.11. The summed E-state index contributed by atoms with van der Waals surface area (Å²) in [6, 6.07) is 0. The van der Waals surface area contributed by atoms with Gasteiger partial charge in [-0.2, -0.15) is 0 Å². The molecule has 3 heteroatoms. The maximum atomic E-state index is 10.9. The molecule has 12 heavy (non-hydrogen) atoms. The molecule has 70 valence electrons. The molecular formula is C9H16O3. The number of carbonyl (C=O) groups excluding carboxylic acids is 1. The first kappa shape index (κ1) is 11.1. The standard InChI is InChI=1S/C9H16O3/c1-3-4-5-8(7(2)10)6-9(11)12/h8H,3-6H2,1-2H3,(H,11,12). The summed E-state index contributed by atoms with van der Waals surface area (Å²) in [6.45, 7) is 3.49. The van der Waals surface area contributed by atoms with Crippen molar-refractivity contribution >= 4 is 11.8 Å². The smallest absolute Gasteiger partial charge is 0.304 e. The summed E-state index contributed by atoms with van der Waals surface area (Å²) < 4.78 is 0. The number of aliphatic carboxylic acids is 1. The van der Waals surface area contributed by atoms with Crippen LogP contribution in [0.4, 0.5) is 0 Å². The molecule has 0 radical (unpaired) electrons. The zero-order valence-electron chi connectivity index (χ0n) is 7.67. The van der Waals surface area contributed by atoms with Crippen LogP contribution in [0.3, 0.4) is 0 Å². The second-order valence-electron chi connectivity index (χ2n) is 3.05. The van der Waals surface area contributed by atoms with Crippen LogP contribution in [0.1, 0.15) is 39.5 Å². The normalized spacial score (nSPS) is 12.5. The molecule has 1 N–H and O–H groups in total. The van der Waals surface area contributed by atoms with E-state index in [4.69, 9.17) is 5.11 Å². The average Bonchev–Trinajstić information content (AvgIpc) is 1.96. The molecule has 0 amide bonds. The predicted octanol–water partition coefficient (Wildman–Crippen LogP) is 1.86. The van der Waals surface area contributed by atoms with E-state index >= 15 is 0 Å². The van der Waals surface area contributed by atoms with Gasteiger partial charge >= 0.3 is 5.97 Å². The third-order valence-corrected chi connectivity index (χ3v) is 1.90. The Labute approximate surface area is 72.8 Å². The fourth-order valence-corrected chi connectivity index (χ4v) is 1.11. The summed E-state index contributed by atoms with van der Waals surface area (Å²) in [5.74, 6) is -1.17.